The van der Waals surface area contributed by atoms with Gasteiger partial charge in [0.15, 0.2) is 17.3 Å². The maximum Gasteiger partial charge on any atom is 0.170 e. The number of carbonyl (C=O) groups excluding carboxylic acids is 2. The molecule has 0 fully saturated rings. The molecule has 0 N–H and O–H groups in total. The van der Waals surface area contributed by atoms with Crippen LogP contribution in [0.4, 0.5) is 0 Å². The van der Waals surface area contributed by atoms with Crippen molar-refractivity contribution in [3.05, 3.63) is 23.8 Å². The molecule has 0 saturated heterocycles. The van der Waals surface area contributed by atoms with E-state index < -0.39 is 0 Å². The summed E-state index contributed by atoms with van der Waals surface area (Å²) in [5.41, 5.74) is 0.498. The molecule has 1 aromatic rings. The largest absolute Gasteiger partial charge is 0.490 e. The van der Waals surface area contributed by atoms with Gasteiger partial charge in [-0.2, -0.15) is 0 Å². The second-order valence-corrected chi connectivity index (χ2v) is 4.93. The third kappa shape index (κ3) is 3.34. The molecule has 0 amide bonds. The smallest absolute Gasteiger partial charge is 0.170 e. The molecule has 1 aliphatic heterocycles. The minimum atomic E-state index is -0.172. The van der Waals surface area contributed by atoms with E-state index in [0.717, 1.165) is 6.42 Å². The summed E-state index contributed by atoms with van der Waals surface area (Å²) < 4.78 is 11.0. The number of benzene rings is 1. The maximum absolute atomic E-state index is 12.0. The molecular weight excluding hydrogens is 244 g/mol. The Bertz CT molecular complexity index is 491. The Hall–Kier alpha value is -1.84. The number of ether oxygens (including phenoxy) is 2. The summed E-state index contributed by atoms with van der Waals surface area (Å²) in [5.74, 6) is 0.903. The van der Waals surface area contributed by atoms with E-state index in [1.54, 1.807) is 32.0 Å². The molecule has 102 valence electrons. The van der Waals surface area contributed by atoms with Crippen LogP contribution in [0.1, 0.15) is 37.0 Å². The number of hydrogen-bond donors (Lipinski definition) is 0. The first-order chi connectivity index (χ1) is 9.08. The SMILES string of the molecule is CC(C)C(=O)CC(=O)c1ccc2c(c1)OCCCO2. The van der Waals surface area contributed by atoms with Crippen molar-refractivity contribution in [3.63, 3.8) is 0 Å². The number of Topliss-reactive ketones (excluding diaryl/α,β-unsaturated/α-hetero) is 2. The molecule has 0 spiro atoms. The summed E-state index contributed by atoms with van der Waals surface area (Å²) in [4.78, 5) is 23.6. The highest BCUT2D eigenvalue weighted by atomic mass is 16.5. The molecule has 1 heterocycles. The van der Waals surface area contributed by atoms with E-state index >= 15 is 0 Å². The van der Waals surface area contributed by atoms with Crippen molar-refractivity contribution < 1.29 is 19.1 Å². The summed E-state index contributed by atoms with van der Waals surface area (Å²) in [6.07, 6.45) is 0.765. The summed E-state index contributed by atoms with van der Waals surface area (Å²) in [6, 6.07) is 5.08. The zero-order chi connectivity index (χ0) is 13.8. The van der Waals surface area contributed by atoms with Crippen molar-refractivity contribution in [1.29, 1.82) is 0 Å². The molecule has 19 heavy (non-hydrogen) atoms. The van der Waals surface area contributed by atoms with Gasteiger partial charge in [-0.05, 0) is 18.2 Å². The molecular formula is C15H18O4. The van der Waals surface area contributed by atoms with Crippen LogP contribution in [0.15, 0.2) is 18.2 Å². The Labute approximate surface area is 112 Å². The zero-order valence-electron chi connectivity index (χ0n) is 11.3. The van der Waals surface area contributed by atoms with E-state index in [1.807, 2.05) is 0 Å². The monoisotopic (exact) mass is 262 g/mol. The van der Waals surface area contributed by atoms with Crippen LogP contribution in [0.25, 0.3) is 0 Å². The first kappa shape index (κ1) is 13.6. The van der Waals surface area contributed by atoms with Crippen molar-refractivity contribution in [2.45, 2.75) is 26.7 Å². The van der Waals surface area contributed by atoms with Crippen molar-refractivity contribution in [1.82, 2.24) is 0 Å². The van der Waals surface area contributed by atoms with Gasteiger partial charge in [0.25, 0.3) is 0 Å². The van der Waals surface area contributed by atoms with Gasteiger partial charge in [-0.1, -0.05) is 13.8 Å². The predicted octanol–water partition coefficient (Wildman–Crippen LogP) is 2.65. The Morgan fingerprint density at radius 3 is 2.53 bits per heavy atom. The quantitative estimate of drug-likeness (QED) is 0.618. The third-order valence-corrected chi connectivity index (χ3v) is 3.05. The fourth-order valence-electron chi connectivity index (χ4n) is 1.80. The second kappa shape index (κ2) is 5.87. The van der Waals surface area contributed by atoms with Crippen LogP contribution in [-0.4, -0.2) is 24.8 Å². The number of rotatable bonds is 4. The fraction of sp³-hybridized carbons (Fsp3) is 0.467. The van der Waals surface area contributed by atoms with Gasteiger partial charge in [0.2, 0.25) is 0 Å². The summed E-state index contributed by atoms with van der Waals surface area (Å²) in [7, 11) is 0. The van der Waals surface area contributed by atoms with Gasteiger partial charge >= 0.3 is 0 Å². The summed E-state index contributed by atoms with van der Waals surface area (Å²) >= 11 is 0. The van der Waals surface area contributed by atoms with Crippen molar-refractivity contribution in [2.75, 3.05) is 13.2 Å². The average molecular weight is 262 g/mol. The van der Waals surface area contributed by atoms with Crippen molar-refractivity contribution in [2.24, 2.45) is 5.92 Å². The van der Waals surface area contributed by atoms with Gasteiger partial charge < -0.3 is 9.47 Å². The lowest BCUT2D eigenvalue weighted by Gasteiger charge is -2.09. The van der Waals surface area contributed by atoms with Crippen LogP contribution >= 0.6 is 0 Å². The highest BCUT2D eigenvalue weighted by molar-refractivity contribution is 6.08. The molecule has 1 aliphatic rings. The number of carbonyl (C=O) groups is 2. The second-order valence-electron chi connectivity index (χ2n) is 4.93. The Morgan fingerprint density at radius 1 is 1.16 bits per heavy atom. The molecule has 0 radical (unpaired) electrons. The fourth-order valence-corrected chi connectivity index (χ4v) is 1.80. The highest BCUT2D eigenvalue weighted by Crippen LogP contribution is 2.30. The van der Waals surface area contributed by atoms with Gasteiger partial charge in [0, 0.05) is 17.9 Å². The van der Waals surface area contributed by atoms with E-state index in [2.05, 4.69) is 0 Å². The lowest BCUT2D eigenvalue weighted by atomic mass is 10.00. The minimum absolute atomic E-state index is 0.0443. The minimum Gasteiger partial charge on any atom is -0.490 e. The zero-order valence-corrected chi connectivity index (χ0v) is 11.3. The molecule has 0 atom stereocenters. The van der Waals surface area contributed by atoms with Crippen LogP contribution in [0, 0.1) is 5.92 Å². The van der Waals surface area contributed by atoms with Gasteiger partial charge in [0.1, 0.15) is 5.78 Å². The van der Waals surface area contributed by atoms with E-state index in [0.29, 0.717) is 30.3 Å². The number of fused-ring (bicyclic) bond motifs is 1. The Balaban J connectivity index is 2.15. The Morgan fingerprint density at radius 2 is 1.84 bits per heavy atom. The number of hydrogen-bond acceptors (Lipinski definition) is 4. The third-order valence-electron chi connectivity index (χ3n) is 3.05. The van der Waals surface area contributed by atoms with Crippen molar-refractivity contribution >= 4 is 11.6 Å². The van der Waals surface area contributed by atoms with Crippen LogP contribution in [0.3, 0.4) is 0 Å². The molecule has 0 unspecified atom stereocenters. The molecule has 0 aromatic heterocycles. The molecule has 4 heteroatoms. The van der Waals surface area contributed by atoms with E-state index in [1.165, 1.54) is 0 Å². The first-order valence-electron chi connectivity index (χ1n) is 6.53. The van der Waals surface area contributed by atoms with Gasteiger partial charge in [-0.15, -0.1) is 0 Å². The highest BCUT2D eigenvalue weighted by Gasteiger charge is 2.17. The maximum atomic E-state index is 12.0. The van der Waals surface area contributed by atoms with Crippen LogP contribution in [-0.2, 0) is 4.79 Å². The lowest BCUT2D eigenvalue weighted by molar-refractivity contribution is -0.121. The Kier molecular flexibility index (Phi) is 4.20. The molecule has 0 aliphatic carbocycles. The summed E-state index contributed by atoms with van der Waals surface area (Å²) in [6.45, 7) is 4.79. The molecule has 2 rings (SSSR count). The van der Waals surface area contributed by atoms with Crippen molar-refractivity contribution in [3.8, 4) is 11.5 Å². The summed E-state index contributed by atoms with van der Waals surface area (Å²) in [5, 5.41) is 0. The van der Waals surface area contributed by atoms with Gasteiger partial charge in [0.05, 0.1) is 19.6 Å². The normalized spacial score (nSPS) is 14.1. The molecule has 1 aromatic carbocycles. The molecule has 0 saturated carbocycles. The molecule has 4 nitrogen and oxygen atoms in total. The van der Waals surface area contributed by atoms with Gasteiger partial charge in [-0.25, -0.2) is 0 Å². The van der Waals surface area contributed by atoms with E-state index in [4.69, 9.17) is 9.47 Å². The standard InChI is InChI=1S/C15H18O4/c1-10(2)12(16)9-13(17)11-4-5-14-15(8-11)19-7-3-6-18-14/h4-5,8,10H,3,6-7,9H2,1-2H3. The van der Waals surface area contributed by atoms with Crippen LogP contribution in [0.5, 0.6) is 11.5 Å². The van der Waals surface area contributed by atoms with Crippen LogP contribution in [0.2, 0.25) is 0 Å². The van der Waals surface area contributed by atoms with Crippen LogP contribution < -0.4 is 9.47 Å². The number of ketones is 2. The average Bonchev–Trinajstić information content (AvgIpc) is 2.62. The molecule has 0 bridgehead atoms. The van der Waals surface area contributed by atoms with E-state index in [-0.39, 0.29) is 23.9 Å². The lowest BCUT2D eigenvalue weighted by Crippen LogP contribution is -2.13. The predicted molar refractivity (Wildman–Crippen MR) is 70.8 cm³/mol. The van der Waals surface area contributed by atoms with E-state index in [9.17, 15) is 9.59 Å². The first-order valence-corrected chi connectivity index (χ1v) is 6.53. The van der Waals surface area contributed by atoms with Gasteiger partial charge in [-0.3, -0.25) is 9.59 Å². The topological polar surface area (TPSA) is 52.6 Å².